The van der Waals surface area contributed by atoms with Gasteiger partial charge in [0.05, 0.1) is 21.5 Å². The van der Waals surface area contributed by atoms with Crippen LogP contribution in [0.25, 0.3) is 21.0 Å². The van der Waals surface area contributed by atoms with Crippen LogP contribution in [0.4, 0.5) is 5.69 Å². The van der Waals surface area contributed by atoms with Crippen molar-refractivity contribution in [3.8, 4) is 10.8 Å². The maximum atomic E-state index is 12.7. The first-order valence-electron chi connectivity index (χ1n) is 9.65. The lowest BCUT2D eigenvalue weighted by Crippen LogP contribution is -2.28. The average molecular weight is 420 g/mol. The maximum absolute atomic E-state index is 12.7. The predicted octanol–water partition coefficient (Wildman–Crippen LogP) is 5.19. The van der Waals surface area contributed by atoms with E-state index in [1.54, 1.807) is 36.4 Å². The molecule has 7 heteroatoms. The molecule has 0 saturated heterocycles. The molecular weight excluding hydrogens is 398 g/mol. The van der Waals surface area contributed by atoms with Gasteiger partial charge in [0.15, 0.2) is 16.5 Å². The van der Waals surface area contributed by atoms with Crippen LogP contribution in [0.1, 0.15) is 34.8 Å². The van der Waals surface area contributed by atoms with Gasteiger partial charge in [0.1, 0.15) is 0 Å². The van der Waals surface area contributed by atoms with Crippen LogP contribution in [0, 0.1) is 5.92 Å². The molecule has 4 aromatic rings. The fourth-order valence-electron chi connectivity index (χ4n) is 2.92. The largest absolute Gasteiger partial charge is 0.448 e. The van der Waals surface area contributed by atoms with Gasteiger partial charge in [0, 0.05) is 6.54 Å². The highest BCUT2D eigenvalue weighted by Gasteiger charge is 2.18. The van der Waals surface area contributed by atoms with E-state index < -0.39 is 5.91 Å². The molecule has 0 atom stereocenters. The third-order valence-electron chi connectivity index (χ3n) is 4.43. The summed E-state index contributed by atoms with van der Waals surface area (Å²) in [4.78, 5) is 29.7. The van der Waals surface area contributed by atoms with Gasteiger partial charge < -0.3 is 15.1 Å². The molecular formula is C23H21N3O3S. The van der Waals surface area contributed by atoms with Crippen LogP contribution in [0.3, 0.4) is 0 Å². The molecule has 0 spiro atoms. The Labute approximate surface area is 177 Å². The van der Waals surface area contributed by atoms with Crippen LogP contribution >= 0.6 is 11.3 Å². The Morgan fingerprint density at radius 2 is 1.77 bits per heavy atom. The van der Waals surface area contributed by atoms with Crippen LogP contribution < -0.4 is 10.6 Å². The predicted molar refractivity (Wildman–Crippen MR) is 119 cm³/mol. The number of carbonyl (C=O) groups is 2. The second-order valence-corrected chi connectivity index (χ2v) is 8.28. The Hall–Kier alpha value is -3.45. The quantitative estimate of drug-likeness (QED) is 0.450. The number of furan rings is 1. The molecule has 2 heterocycles. The number of thiazole rings is 1. The third kappa shape index (κ3) is 4.26. The number of rotatable bonds is 6. The van der Waals surface area contributed by atoms with E-state index in [2.05, 4.69) is 15.6 Å². The van der Waals surface area contributed by atoms with Crippen LogP contribution in [0.15, 0.2) is 65.1 Å². The topological polar surface area (TPSA) is 84.2 Å². The maximum Gasteiger partial charge on any atom is 0.291 e. The van der Waals surface area contributed by atoms with E-state index in [1.165, 1.54) is 11.3 Å². The van der Waals surface area contributed by atoms with Crippen molar-refractivity contribution in [2.45, 2.75) is 13.8 Å². The van der Waals surface area contributed by atoms with Gasteiger partial charge in [-0.25, -0.2) is 4.98 Å². The first-order valence-corrected chi connectivity index (χ1v) is 10.5. The zero-order valence-corrected chi connectivity index (χ0v) is 17.5. The van der Waals surface area contributed by atoms with Gasteiger partial charge in [0.25, 0.3) is 11.8 Å². The Kier molecular flexibility index (Phi) is 5.63. The van der Waals surface area contributed by atoms with Crippen molar-refractivity contribution in [3.05, 3.63) is 72.0 Å². The zero-order chi connectivity index (χ0) is 21.1. The molecule has 0 aliphatic rings. The molecule has 30 heavy (non-hydrogen) atoms. The summed E-state index contributed by atoms with van der Waals surface area (Å²) in [7, 11) is 0. The normalized spacial score (nSPS) is 11.0. The molecule has 0 unspecified atom stereocenters. The number of amides is 2. The van der Waals surface area contributed by atoms with Crippen LogP contribution in [-0.2, 0) is 0 Å². The highest BCUT2D eigenvalue weighted by atomic mass is 32.1. The smallest absolute Gasteiger partial charge is 0.291 e. The molecule has 0 aliphatic carbocycles. The van der Waals surface area contributed by atoms with E-state index in [4.69, 9.17) is 4.42 Å². The van der Waals surface area contributed by atoms with Crippen molar-refractivity contribution in [1.82, 2.24) is 10.3 Å². The number of fused-ring (bicyclic) bond motifs is 1. The summed E-state index contributed by atoms with van der Waals surface area (Å²) >= 11 is 1.50. The fraction of sp³-hybridized carbons (Fsp3) is 0.174. The molecule has 0 fully saturated rings. The van der Waals surface area contributed by atoms with Crippen LogP contribution in [0.2, 0.25) is 0 Å². The van der Waals surface area contributed by atoms with Gasteiger partial charge in [-0.2, -0.15) is 0 Å². The van der Waals surface area contributed by atoms with Gasteiger partial charge >= 0.3 is 0 Å². The molecule has 0 saturated carbocycles. The summed E-state index contributed by atoms with van der Waals surface area (Å²) in [5.41, 5.74) is 1.73. The number of hydrogen-bond donors (Lipinski definition) is 2. The number of aromatic nitrogens is 1. The van der Waals surface area contributed by atoms with Crippen molar-refractivity contribution >= 4 is 39.1 Å². The Morgan fingerprint density at radius 1 is 1.00 bits per heavy atom. The van der Waals surface area contributed by atoms with Gasteiger partial charge in [-0.3, -0.25) is 9.59 Å². The minimum Gasteiger partial charge on any atom is -0.448 e. The Morgan fingerprint density at radius 3 is 2.57 bits per heavy atom. The highest BCUT2D eigenvalue weighted by Crippen LogP contribution is 2.31. The molecule has 0 bridgehead atoms. The third-order valence-corrected chi connectivity index (χ3v) is 5.48. The number of benzene rings is 2. The average Bonchev–Trinajstić information content (AvgIpc) is 3.39. The van der Waals surface area contributed by atoms with Crippen molar-refractivity contribution in [2.24, 2.45) is 5.92 Å². The first kappa shape index (κ1) is 19.8. The SMILES string of the molecule is CC(C)CNC(=O)c1ccccc1NC(=O)c1ccc(-c2nc3ccccc3s2)o1. The Bertz CT molecular complexity index is 1180. The van der Waals surface area contributed by atoms with E-state index in [1.807, 2.05) is 38.1 Å². The van der Waals surface area contributed by atoms with Gasteiger partial charge in [-0.1, -0.05) is 38.1 Å². The monoisotopic (exact) mass is 419 g/mol. The van der Waals surface area contributed by atoms with Crippen molar-refractivity contribution in [2.75, 3.05) is 11.9 Å². The van der Waals surface area contributed by atoms with E-state index in [0.717, 1.165) is 10.2 Å². The fourth-order valence-corrected chi connectivity index (χ4v) is 3.85. The summed E-state index contributed by atoms with van der Waals surface area (Å²) in [6.07, 6.45) is 0. The van der Waals surface area contributed by atoms with Gasteiger partial charge in [-0.05, 0) is 42.3 Å². The molecule has 6 nitrogen and oxygen atoms in total. The second kappa shape index (κ2) is 8.51. The molecule has 0 radical (unpaired) electrons. The summed E-state index contributed by atoms with van der Waals surface area (Å²) in [6, 6.07) is 18.1. The second-order valence-electron chi connectivity index (χ2n) is 7.25. The lowest BCUT2D eigenvalue weighted by molar-refractivity contribution is 0.0950. The lowest BCUT2D eigenvalue weighted by Gasteiger charge is -2.12. The minimum absolute atomic E-state index is 0.154. The Balaban J connectivity index is 1.52. The molecule has 2 aromatic carbocycles. The molecule has 0 aliphatic heterocycles. The lowest BCUT2D eigenvalue weighted by atomic mass is 10.1. The summed E-state index contributed by atoms with van der Waals surface area (Å²) in [6.45, 7) is 4.60. The van der Waals surface area contributed by atoms with Crippen LogP contribution in [0.5, 0.6) is 0 Å². The summed E-state index contributed by atoms with van der Waals surface area (Å²) in [5.74, 6) is 0.367. The minimum atomic E-state index is -0.425. The van der Waals surface area contributed by atoms with Crippen molar-refractivity contribution in [1.29, 1.82) is 0 Å². The zero-order valence-electron chi connectivity index (χ0n) is 16.6. The number of nitrogens with zero attached hydrogens (tertiary/aromatic N) is 1. The van der Waals surface area contributed by atoms with Gasteiger partial charge in [0.2, 0.25) is 0 Å². The standard InChI is InChI=1S/C23H21N3O3S/c1-14(2)13-24-21(27)15-7-3-4-8-16(15)25-22(28)18-11-12-19(29-18)23-26-17-9-5-6-10-20(17)30-23/h3-12,14H,13H2,1-2H3,(H,24,27)(H,25,28). The highest BCUT2D eigenvalue weighted by molar-refractivity contribution is 7.21. The molecule has 152 valence electrons. The molecule has 2 amide bonds. The molecule has 2 N–H and O–H groups in total. The number of anilines is 1. The van der Waals surface area contributed by atoms with E-state index in [-0.39, 0.29) is 11.7 Å². The van der Waals surface area contributed by atoms with E-state index in [9.17, 15) is 9.59 Å². The number of nitrogens with one attached hydrogen (secondary N) is 2. The number of carbonyl (C=O) groups excluding carboxylic acids is 2. The van der Waals surface area contributed by atoms with Crippen LogP contribution in [-0.4, -0.2) is 23.3 Å². The van der Waals surface area contributed by atoms with Crippen molar-refractivity contribution in [3.63, 3.8) is 0 Å². The number of para-hydroxylation sites is 2. The molecule has 2 aromatic heterocycles. The molecule has 4 rings (SSSR count). The van der Waals surface area contributed by atoms with E-state index in [0.29, 0.717) is 34.5 Å². The van der Waals surface area contributed by atoms with Crippen molar-refractivity contribution < 1.29 is 14.0 Å². The first-order chi connectivity index (χ1) is 14.5. The van der Waals surface area contributed by atoms with Gasteiger partial charge in [-0.15, -0.1) is 11.3 Å². The summed E-state index contributed by atoms with van der Waals surface area (Å²) in [5, 5.41) is 6.36. The van der Waals surface area contributed by atoms with E-state index >= 15 is 0 Å². The number of hydrogen-bond acceptors (Lipinski definition) is 5. The summed E-state index contributed by atoms with van der Waals surface area (Å²) < 4.78 is 6.80.